The van der Waals surface area contributed by atoms with E-state index < -0.39 is 22.2 Å². The Balaban J connectivity index is -0.000000416. The van der Waals surface area contributed by atoms with Gasteiger partial charge < -0.3 is 9.11 Å². The van der Waals surface area contributed by atoms with E-state index in [4.69, 9.17) is 10.4 Å². The second-order valence-corrected chi connectivity index (χ2v) is 8.80. The molecule has 0 bridgehead atoms. The molecule has 37 heavy (non-hydrogen) atoms. The molecule has 2 aromatic carbocycles. The molecule has 2 unspecified atom stereocenters. The summed E-state index contributed by atoms with van der Waals surface area (Å²) in [6.45, 7) is 9.94. The van der Waals surface area contributed by atoms with Crippen molar-refractivity contribution in [2.75, 3.05) is 0 Å². The van der Waals surface area contributed by atoms with Gasteiger partial charge in [0.2, 0.25) is 0 Å². The van der Waals surface area contributed by atoms with Crippen LogP contribution in [0.4, 0.5) is 0 Å². The summed E-state index contributed by atoms with van der Waals surface area (Å²) in [4.78, 5) is 20.0. The van der Waals surface area contributed by atoms with E-state index in [0.29, 0.717) is 21.2 Å². The summed E-state index contributed by atoms with van der Waals surface area (Å²) in [5, 5.41) is 21.4. The summed E-state index contributed by atoms with van der Waals surface area (Å²) < 4.78 is 41.2. The number of rotatable bonds is 6. The third-order valence-electron chi connectivity index (χ3n) is 4.12. The molecule has 2 rings (SSSR count). The molecule has 0 heterocycles. The first-order valence-electron chi connectivity index (χ1n) is 9.98. The number of hydrogen-bond acceptors (Lipinski definition) is 12. The zero-order valence-electron chi connectivity index (χ0n) is 21.0. The van der Waals surface area contributed by atoms with Gasteiger partial charge in [-0.1, -0.05) is 35.4 Å². The molecule has 0 saturated heterocycles. The van der Waals surface area contributed by atoms with Gasteiger partial charge in [-0.3, -0.25) is 29.8 Å². The number of aryl methyl sites for hydroxylation is 2. The number of allylic oxidation sites excluding steroid dienone is 4. The molecule has 2 aromatic rings. The van der Waals surface area contributed by atoms with Crippen molar-refractivity contribution >= 4 is 22.2 Å². The van der Waals surface area contributed by atoms with E-state index in [0.717, 1.165) is 11.1 Å². The van der Waals surface area contributed by atoms with Crippen LogP contribution in [0.3, 0.4) is 0 Å². The molecular weight excluding hydrogens is 571 g/mol. The number of hydrogen-bond donors (Lipinski definition) is 4. The van der Waals surface area contributed by atoms with Crippen molar-refractivity contribution in [3.05, 3.63) is 92.3 Å². The standard InChI is InChI=1S/2C7H8O2S.2C4H8N2O2.Co/c2*1-6-2-4-7(5-3-6)10(8)9;2*1-3(5-7)4(2)6-8;/h2*2-5H,1H3,(H,8,9);2*5,7H,1-2H3;/q;;;;+2/p-2/b;;2*4-3-;. The first-order valence-corrected chi connectivity index (χ1v) is 12.1. The van der Waals surface area contributed by atoms with Gasteiger partial charge in [-0.2, -0.15) is 0 Å². The molecular formula is C22H30CoN4O8S2. The Morgan fingerprint density at radius 1 is 0.676 bits per heavy atom. The predicted octanol–water partition coefficient (Wildman–Crippen LogP) is 4.43. The van der Waals surface area contributed by atoms with Crippen molar-refractivity contribution < 1.29 is 44.7 Å². The molecule has 4 N–H and O–H groups in total. The van der Waals surface area contributed by atoms with Crippen LogP contribution < -0.4 is 11.0 Å². The Morgan fingerprint density at radius 2 is 0.919 bits per heavy atom. The van der Waals surface area contributed by atoms with Crippen LogP contribution in [0, 0.1) is 23.7 Å². The first-order chi connectivity index (χ1) is 16.8. The van der Waals surface area contributed by atoms with Crippen molar-refractivity contribution in [2.24, 2.45) is 10.4 Å². The quantitative estimate of drug-likeness (QED) is 0.208. The molecule has 0 aliphatic rings. The van der Waals surface area contributed by atoms with E-state index in [1.54, 1.807) is 73.3 Å². The Bertz CT molecular complexity index is 978. The second kappa shape index (κ2) is 22.6. The van der Waals surface area contributed by atoms with Gasteiger partial charge in [0.05, 0.1) is 11.4 Å². The van der Waals surface area contributed by atoms with E-state index in [2.05, 4.69) is 10.4 Å². The van der Waals surface area contributed by atoms with Gasteiger partial charge in [0.15, 0.2) is 0 Å². The Morgan fingerprint density at radius 3 is 1.05 bits per heavy atom. The maximum atomic E-state index is 10.3. The third-order valence-corrected chi connectivity index (χ3v) is 5.44. The SMILES string of the molecule is C/C(N=O)=C(\C)NO.C/C(N=O)=C(\C)NO.Cc1ccc(S(=O)[O-])cc1.Cc1ccc(S(=O)[O-])cc1.[Co+2]. The van der Waals surface area contributed by atoms with Crippen molar-refractivity contribution in [1.82, 2.24) is 11.0 Å². The van der Waals surface area contributed by atoms with Crippen molar-refractivity contribution in [2.45, 2.75) is 51.3 Å². The minimum atomic E-state index is -2.09. The number of hydroxylamine groups is 2. The molecule has 0 spiro atoms. The number of nitrogens with one attached hydrogen (secondary N) is 2. The van der Waals surface area contributed by atoms with Gasteiger partial charge in [-0.05, 0) is 98.3 Å². The molecule has 12 nitrogen and oxygen atoms in total. The fourth-order valence-corrected chi connectivity index (χ4v) is 2.31. The van der Waals surface area contributed by atoms with E-state index in [1.165, 1.54) is 13.8 Å². The molecule has 15 heteroatoms. The largest absolute Gasteiger partial charge is 2.00 e. The molecule has 1 radical (unpaired) electrons. The number of nitrogens with zero attached hydrogens (tertiary/aromatic N) is 2. The van der Waals surface area contributed by atoms with Crippen LogP contribution >= 0.6 is 0 Å². The van der Waals surface area contributed by atoms with Gasteiger partial charge in [0.25, 0.3) is 0 Å². The maximum Gasteiger partial charge on any atom is 2.00 e. The average Bonchev–Trinajstić information content (AvgIpc) is 2.88. The van der Waals surface area contributed by atoms with Gasteiger partial charge in [-0.15, -0.1) is 9.81 Å². The topological polar surface area (TPSA) is 204 Å². The van der Waals surface area contributed by atoms with Gasteiger partial charge >= 0.3 is 16.8 Å². The summed E-state index contributed by atoms with van der Waals surface area (Å²) in [6, 6.07) is 13.4. The molecule has 2 atom stereocenters. The molecule has 0 aliphatic heterocycles. The van der Waals surface area contributed by atoms with E-state index in [9.17, 15) is 27.3 Å². The molecule has 0 fully saturated rings. The minimum absolute atomic E-state index is 0. The van der Waals surface area contributed by atoms with E-state index >= 15 is 0 Å². The smallest absolute Gasteiger partial charge is 0.768 e. The van der Waals surface area contributed by atoms with Gasteiger partial charge in [0, 0.05) is 9.79 Å². The summed E-state index contributed by atoms with van der Waals surface area (Å²) in [6.07, 6.45) is 0. The fourth-order valence-electron chi connectivity index (χ4n) is 1.60. The normalized spacial score (nSPS) is 12.4. The van der Waals surface area contributed by atoms with Crippen LogP contribution in [0.25, 0.3) is 0 Å². The van der Waals surface area contributed by atoms with Crippen molar-refractivity contribution in [1.29, 1.82) is 0 Å². The van der Waals surface area contributed by atoms with Crippen LogP contribution in [-0.2, 0) is 38.9 Å². The number of nitroso groups, excluding NO2 is 2. The van der Waals surface area contributed by atoms with Gasteiger partial charge in [0.1, 0.15) is 11.4 Å². The summed E-state index contributed by atoms with van der Waals surface area (Å²) in [5.41, 5.74) is 7.00. The zero-order chi connectivity index (χ0) is 28.3. The average molecular weight is 602 g/mol. The molecule has 0 amide bonds. The number of benzene rings is 2. The summed E-state index contributed by atoms with van der Waals surface area (Å²) in [7, 11) is 0. The molecule has 0 aliphatic carbocycles. The van der Waals surface area contributed by atoms with Crippen LogP contribution in [0.2, 0.25) is 0 Å². The Hall–Kier alpha value is -2.63. The van der Waals surface area contributed by atoms with Crippen molar-refractivity contribution in [3.8, 4) is 0 Å². The van der Waals surface area contributed by atoms with Crippen LogP contribution in [0.1, 0.15) is 38.8 Å². The fraction of sp³-hybridized carbons (Fsp3) is 0.273. The van der Waals surface area contributed by atoms with Crippen LogP contribution in [0.5, 0.6) is 0 Å². The van der Waals surface area contributed by atoms with Gasteiger partial charge in [-0.25, -0.2) is 0 Å². The minimum Gasteiger partial charge on any atom is -0.768 e. The van der Waals surface area contributed by atoms with Crippen LogP contribution in [-0.4, -0.2) is 27.9 Å². The third kappa shape index (κ3) is 19.2. The summed E-state index contributed by atoms with van der Waals surface area (Å²) >= 11 is -4.17. The molecule has 207 valence electrons. The Labute approximate surface area is 231 Å². The predicted molar refractivity (Wildman–Crippen MR) is 135 cm³/mol. The monoisotopic (exact) mass is 601 g/mol. The second-order valence-electron chi connectivity index (χ2n) is 6.92. The Kier molecular flexibility index (Phi) is 23.7. The van der Waals surface area contributed by atoms with E-state index in [1.807, 2.05) is 13.8 Å². The van der Waals surface area contributed by atoms with E-state index in [-0.39, 0.29) is 28.2 Å². The zero-order valence-corrected chi connectivity index (χ0v) is 23.7. The van der Waals surface area contributed by atoms with Crippen LogP contribution in [0.15, 0.2) is 91.5 Å². The maximum absolute atomic E-state index is 10.3. The summed E-state index contributed by atoms with van der Waals surface area (Å²) in [5.74, 6) is 0. The molecule has 0 aromatic heterocycles. The first kappa shape index (κ1) is 38.9. The molecule has 0 saturated carbocycles. The van der Waals surface area contributed by atoms with Crippen molar-refractivity contribution in [3.63, 3.8) is 0 Å².